The molecule has 0 spiro atoms. The highest BCUT2D eigenvalue weighted by molar-refractivity contribution is 6.00. The number of rotatable bonds is 2. The highest BCUT2D eigenvalue weighted by atomic mass is 16.2. The van der Waals surface area contributed by atoms with Gasteiger partial charge in [-0.1, -0.05) is 17.7 Å². The van der Waals surface area contributed by atoms with Gasteiger partial charge in [-0.15, -0.1) is 0 Å². The van der Waals surface area contributed by atoms with Crippen molar-refractivity contribution < 1.29 is 4.79 Å². The van der Waals surface area contributed by atoms with E-state index in [4.69, 9.17) is 0 Å². The van der Waals surface area contributed by atoms with E-state index in [0.717, 1.165) is 23.2 Å². The van der Waals surface area contributed by atoms with Crippen molar-refractivity contribution in [3.05, 3.63) is 28.8 Å². The zero-order chi connectivity index (χ0) is 14.2. The summed E-state index contributed by atoms with van der Waals surface area (Å²) in [6.07, 6.45) is 2.35. The predicted molar refractivity (Wildman–Crippen MR) is 76.0 cm³/mol. The van der Waals surface area contributed by atoms with Crippen molar-refractivity contribution in [2.45, 2.75) is 40.0 Å². The van der Waals surface area contributed by atoms with E-state index < -0.39 is 5.41 Å². The first-order chi connectivity index (χ1) is 8.91. The monoisotopic (exact) mass is 256 g/mol. The fourth-order valence-electron chi connectivity index (χ4n) is 3.03. The third-order valence-corrected chi connectivity index (χ3v) is 4.11. The summed E-state index contributed by atoms with van der Waals surface area (Å²) in [5, 5.41) is 9.29. The van der Waals surface area contributed by atoms with Crippen molar-refractivity contribution in [2.75, 3.05) is 11.9 Å². The Morgan fingerprint density at radius 1 is 1.26 bits per heavy atom. The molecule has 0 radical (unpaired) electrons. The maximum absolute atomic E-state index is 12.6. The molecule has 0 aromatic heterocycles. The van der Waals surface area contributed by atoms with Gasteiger partial charge in [0.15, 0.2) is 0 Å². The molecule has 1 amide bonds. The van der Waals surface area contributed by atoms with Crippen LogP contribution in [0.5, 0.6) is 0 Å². The Hall–Kier alpha value is -1.82. The minimum atomic E-state index is -0.779. The van der Waals surface area contributed by atoms with Gasteiger partial charge in [0.25, 0.3) is 0 Å². The second-order valence-electron chi connectivity index (χ2n) is 5.66. The summed E-state index contributed by atoms with van der Waals surface area (Å²) in [5.41, 5.74) is 3.52. The summed E-state index contributed by atoms with van der Waals surface area (Å²) >= 11 is 0. The van der Waals surface area contributed by atoms with Gasteiger partial charge in [0.2, 0.25) is 5.91 Å². The lowest BCUT2D eigenvalue weighted by Crippen LogP contribution is -2.46. The van der Waals surface area contributed by atoms with Gasteiger partial charge in [0, 0.05) is 12.7 Å². The highest BCUT2D eigenvalue weighted by Gasteiger charge is 2.46. The van der Waals surface area contributed by atoms with Crippen LogP contribution in [-0.2, 0) is 4.79 Å². The topological polar surface area (TPSA) is 44.1 Å². The molecule has 0 unspecified atom stereocenters. The maximum Gasteiger partial charge on any atom is 0.247 e. The molecule has 1 saturated carbocycles. The van der Waals surface area contributed by atoms with Crippen molar-refractivity contribution >= 4 is 11.6 Å². The van der Waals surface area contributed by atoms with Gasteiger partial charge < -0.3 is 4.90 Å². The van der Waals surface area contributed by atoms with Crippen molar-refractivity contribution in [3.8, 4) is 6.07 Å². The third kappa shape index (κ3) is 2.12. The number of carbonyl (C=O) groups excluding carboxylic acids is 1. The molecule has 19 heavy (non-hydrogen) atoms. The fraction of sp³-hybridized carbons (Fsp3) is 0.500. The summed E-state index contributed by atoms with van der Waals surface area (Å²) in [7, 11) is 1.78. The van der Waals surface area contributed by atoms with Crippen LogP contribution in [0.4, 0.5) is 5.69 Å². The van der Waals surface area contributed by atoms with Gasteiger partial charge in [0.05, 0.1) is 6.07 Å². The molecular weight excluding hydrogens is 236 g/mol. The number of hydrogen-bond acceptors (Lipinski definition) is 2. The van der Waals surface area contributed by atoms with Crippen LogP contribution in [0.25, 0.3) is 0 Å². The van der Waals surface area contributed by atoms with Gasteiger partial charge >= 0.3 is 0 Å². The second kappa shape index (κ2) is 4.70. The number of hydrogen-bond donors (Lipinski definition) is 0. The lowest BCUT2D eigenvalue weighted by Gasteiger charge is -2.37. The van der Waals surface area contributed by atoms with Crippen LogP contribution < -0.4 is 4.90 Å². The predicted octanol–water partition coefficient (Wildman–Crippen LogP) is 3.27. The first kappa shape index (κ1) is 13.6. The first-order valence-electron chi connectivity index (χ1n) is 6.68. The molecule has 0 N–H and O–H groups in total. The summed E-state index contributed by atoms with van der Waals surface area (Å²) in [4.78, 5) is 14.2. The third-order valence-electron chi connectivity index (χ3n) is 4.11. The average molecular weight is 256 g/mol. The van der Waals surface area contributed by atoms with Crippen LogP contribution in [0.15, 0.2) is 12.1 Å². The largest absolute Gasteiger partial charge is 0.314 e. The lowest BCUT2D eigenvalue weighted by atomic mass is 9.69. The number of benzene rings is 1. The molecule has 1 aromatic carbocycles. The van der Waals surface area contributed by atoms with Gasteiger partial charge in [0.1, 0.15) is 5.41 Å². The Labute approximate surface area is 114 Å². The maximum atomic E-state index is 12.6. The Morgan fingerprint density at radius 2 is 1.79 bits per heavy atom. The number of nitriles is 1. The highest BCUT2D eigenvalue weighted by Crippen LogP contribution is 2.43. The second-order valence-corrected chi connectivity index (χ2v) is 5.66. The standard InChI is InChI=1S/C16H20N2O/c1-11-8-12(2)14(13(3)9-11)18(4)15(19)16(10-17)6-5-7-16/h8-9H,5-7H2,1-4H3. The summed E-state index contributed by atoms with van der Waals surface area (Å²) in [6, 6.07) is 6.38. The molecule has 0 heterocycles. The first-order valence-corrected chi connectivity index (χ1v) is 6.68. The average Bonchev–Trinajstić information content (AvgIpc) is 2.26. The molecular formula is C16H20N2O. The van der Waals surface area contributed by atoms with Crippen LogP contribution in [0.1, 0.15) is 36.0 Å². The number of aryl methyl sites for hydroxylation is 3. The van der Waals surface area contributed by atoms with E-state index in [9.17, 15) is 10.1 Å². The van der Waals surface area contributed by atoms with Crippen molar-refractivity contribution in [1.82, 2.24) is 0 Å². The fourth-order valence-corrected chi connectivity index (χ4v) is 3.03. The molecule has 1 aliphatic carbocycles. The van der Waals surface area contributed by atoms with Crippen LogP contribution in [0, 0.1) is 37.5 Å². The molecule has 0 aliphatic heterocycles. The van der Waals surface area contributed by atoms with Crippen LogP contribution >= 0.6 is 0 Å². The zero-order valence-electron chi connectivity index (χ0n) is 12.1. The number of anilines is 1. The number of carbonyl (C=O) groups is 1. The Bertz CT molecular complexity index is 542. The molecule has 1 aromatic rings. The normalized spacial score (nSPS) is 16.4. The Balaban J connectivity index is 2.38. The number of amides is 1. The van der Waals surface area contributed by atoms with Crippen molar-refractivity contribution in [3.63, 3.8) is 0 Å². The molecule has 100 valence electrons. The van der Waals surface area contributed by atoms with Gasteiger partial charge in [-0.3, -0.25) is 4.79 Å². The Morgan fingerprint density at radius 3 is 2.16 bits per heavy atom. The lowest BCUT2D eigenvalue weighted by molar-refractivity contribution is -0.128. The molecule has 3 heteroatoms. The van der Waals surface area contributed by atoms with E-state index in [2.05, 4.69) is 18.2 Å². The summed E-state index contributed by atoms with van der Waals surface area (Å²) < 4.78 is 0. The van der Waals surface area contributed by atoms with E-state index >= 15 is 0 Å². The molecule has 3 nitrogen and oxygen atoms in total. The summed E-state index contributed by atoms with van der Waals surface area (Å²) in [6.45, 7) is 6.08. The summed E-state index contributed by atoms with van der Waals surface area (Å²) in [5.74, 6) is -0.0590. The number of nitrogens with zero attached hydrogens (tertiary/aromatic N) is 2. The van der Waals surface area contributed by atoms with E-state index in [1.54, 1.807) is 11.9 Å². The van der Waals surface area contributed by atoms with Gasteiger partial charge in [-0.2, -0.15) is 5.26 Å². The SMILES string of the molecule is Cc1cc(C)c(N(C)C(=O)C2(C#N)CCC2)c(C)c1. The van der Waals surface area contributed by atoms with Crippen LogP contribution in [0.2, 0.25) is 0 Å². The van der Waals surface area contributed by atoms with E-state index in [1.807, 2.05) is 20.8 Å². The minimum absolute atomic E-state index is 0.0590. The van der Waals surface area contributed by atoms with E-state index in [-0.39, 0.29) is 5.91 Å². The van der Waals surface area contributed by atoms with Crippen LogP contribution in [0.3, 0.4) is 0 Å². The Kier molecular flexibility index (Phi) is 3.36. The van der Waals surface area contributed by atoms with E-state index in [0.29, 0.717) is 12.8 Å². The molecule has 1 aliphatic rings. The van der Waals surface area contributed by atoms with Crippen molar-refractivity contribution in [2.24, 2.45) is 5.41 Å². The van der Waals surface area contributed by atoms with Gasteiger partial charge in [-0.05, 0) is 51.2 Å². The minimum Gasteiger partial charge on any atom is -0.314 e. The molecule has 1 fully saturated rings. The van der Waals surface area contributed by atoms with Gasteiger partial charge in [-0.25, -0.2) is 0 Å². The quantitative estimate of drug-likeness (QED) is 0.815. The molecule has 2 rings (SSSR count). The molecule has 0 bridgehead atoms. The van der Waals surface area contributed by atoms with Crippen molar-refractivity contribution in [1.29, 1.82) is 5.26 Å². The van der Waals surface area contributed by atoms with E-state index in [1.165, 1.54) is 5.56 Å². The molecule has 0 atom stereocenters. The van der Waals surface area contributed by atoms with Crippen LogP contribution in [-0.4, -0.2) is 13.0 Å². The zero-order valence-corrected chi connectivity index (χ0v) is 12.1. The molecule has 0 saturated heterocycles. The smallest absolute Gasteiger partial charge is 0.247 e.